The van der Waals surface area contributed by atoms with Crippen LogP contribution in [0.25, 0.3) is 10.9 Å². The van der Waals surface area contributed by atoms with Gasteiger partial charge < -0.3 is 10.4 Å². The molecule has 2 N–H and O–H groups in total. The maximum atomic E-state index is 13.5. The summed E-state index contributed by atoms with van der Waals surface area (Å²) in [5.41, 5.74) is 1.34. The predicted octanol–water partition coefficient (Wildman–Crippen LogP) is 1.94. The number of pyridine rings is 1. The average molecular weight is 248 g/mol. The van der Waals surface area contributed by atoms with Gasteiger partial charge in [-0.2, -0.15) is 0 Å². The summed E-state index contributed by atoms with van der Waals surface area (Å²) in [6.45, 7) is 1.89. The van der Waals surface area contributed by atoms with Crippen LogP contribution in [0.4, 0.5) is 4.39 Å². The van der Waals surface area contributed by atoms with Crippen LogP contribution >= 0.6 is 0 Å². The Labute approximate surface area is 103 Å². The van der Waals surface area contributed by atoms with Gasteiger partial charge in [0.15, 0.2) is 0 Å². The fourth-order valence-corrected chi connectivity index (χ4v) is 1.69. The van der Waals surface area contributed by atoms with Crippen molar-refractivity contribution in [3.05, 3.63) is 41.8 Å². The number of carbonyl (C=O) groups is 1. The maximum absolute atomic E-state index is 13.5. The Kier molecular flexibility index (Phi) is 3.53. The highest BCUT2D eigenvalue weighted by atomic mass is 19.1. The number of carboxylic acids is 1. The second-order valence-corrected chi connectivity index (χ2v) is 4.05. The number of nitrogens with one attached hydrogen (secondary N) is 1. The topological polar surface area (TPSA) is 62.2 Å². The van der Waals surface area contributed by atoms with E-state index in [0.717, 1.165) is 5.56 Å². The summed E-state index contributed by atoms with van der Waals surface area (Å²) >= 11 is 0. The monoisotopic (exact) mass is 248 g/mol. The number of hydrogen-bond acceptors (Lipinski definition) is 3. The third-order valence-electron chi connectivity index (χ3n) is 2.77. The van der Waals surface area contributed by atoms with Gasteiger partial charge in [0.1, 0.15) is 11.9 Å². The van der Waals surface area contributed by atoms with Crippen molar-refractivity contribution in [2.45, 2.75) is 19.5 Å². The molecular weight excluding hydrogens is 235 g/mol. The van der Waals surface area contributed by atoms with Gasteiger partial charge in [-0.15, -0.1) is 0 Å². The third kappa shape index (κ3) is 2.46. The zero-order valence-corrected chi connectivity index (χ0v) is 9.85. The van der Waals surface area contributed by atoms with Crippen molar-refractivity contribution in [2.75, 3.05) is 0 Å². The molecule has 2 aromatic rings. The molecule has 0 bridgehead atoms. The highest BCUT2D eigenvalue weighted by molar-refractivity contribution is 5.82. The van der Waals surface area contributed by atoms with E-state index >= 15 is 0 Å². The van der Waals surface area contributed by atoms with Gasteiger partial charge in [0, 0.05) is 18.1 Å². The van der Waals surface area contributed by atoms with E-state index in [0.29, 0.717) is 17.4 Å². The van der Waals surface area contributed by atoms with Crippen molar-refractivity contribution in [3.63, 3.8) is 0 Å². The molecule has 0 aliphatic carbocycles. The number of aromatic nitrogens is 1. The van der Waals surface area contributed by atoms with E-state index in [1.807, 2.05) is 0 Å². The summed E-state index contributed by atoms with van der Waals surface area (Å²) in [5, 5.41) is 12.1. The van der Waals surface area contributed by atoms with E-state index in [1.165, 1.54) is 6.07 Å². The summed E-state index contributed by atoms with van der Waals surface area (Å²) in [7, 11) is 0. The van der Waals surface area contributed by atoms with Crippen LogP contribution in [-0.2, 0) is 11.3 Å². The van der Waals surface area contributed by atoms with Gasteiger partial charge in [-0.25, -0.2) is 4.39 Å². The molecular formula is C13H13FN2O2. The van der Waals surface area contributed by atoms with Crippen LogP contribution in [0.3, 0.4) is 0 Å². The second-order valence-electron chi connectivity index (χ2n) is 4.05. The Morgan fingerprint density at radius 2 is 2.28 bits per heavy atom. The van der Waals surface area contributed by atoms with Crippen LogP contribution in [0.5, 0.6) is 0 Å². The van der Waals surface area contributed by atoms with Crippen molar-refractivity contribution < 1.29 is 14.3 Å². The first-order chi connectivity index (χ1) is 8.59. The lowest BCUT2D eigenvalue weighted by atomic mass is 10.1. The molecule has 0 amide bonds. The molecule has 0 aliphatic heterocycles. The first kappa shape index (κ1) is 12.4. The number of benzene rings is 1. The van der Waals surface area contributed by atoms with Gasteiger partial charge in [-0.3, -0.25) is 9.78 Å². The van der Waals surface area contributed by atoms with E-state index in [9.17, 15) is 9.18 Å². The lowest BCUT2D eigenvalue weighted by molar-refractivity contribution is -0.139. The molecule has 0 unspecified atom stereocenters. The fourth-order valence-electron chi connectivity index (χ4n) is 1.69. The van der Waals surface area contributed by atoms with E-state index in [-0.39, 0.29) is 5.82 Å². The quantitative estimate of drug-likeness (QED) is 0.868. The minimum Gasteiger partial charge on any atom is -0.480 e. The zero-order valence-electron chi connectivity index (χ0n) is 9.85. The first-order valence-corrected chi connectivity index (χ1v) is 5.58. The molecule has 94 valence electrons. The van der Waals surface area contributed by atoms with E-state index in [4.69, 9.17) is 5.11 Å². The van der Waals surface area contributed by atoms with Gasteiger partial charge in [0.25, 0.3) is 0 Å². The number of halogens is 1. The number of nitrogens with zero attached hydrogens (tertiary/aromatic N) is 1. The third-order valence-corrected chi connectivity index (χ3v) is 2.77. The van der Waals surface area contributed by atoms with Crippen LogP contribution in [0.1, 0.15) is 12.5 Å². The molecule has 0 radical (unpaired) electrons. The lowest BCUT2D eigenvalue weighted by Gasteiger charge is -2.10. The van der Waals surface area contributed by atoms with Crippen molar-refractivity contribution in [2.24, 2.45) is 0 Å². The molecule has 1 atom stereocenters. The Morgan fingerprint density at radius 3 is 3.00 bits per heavy atom. The molecule has 2 rings (SSSR count). The predicted molar refractivity (Wildman–Crippen MR) is 65.6 cm³/mol. The number of aliphatic carboxylic acids is 1. The average Bonchev–Trinajstić information content (AvgIpc) is 2.38. The molecule has 0 aliphatic rings. The minimum atomic E-state index is -0.922. The van der Waals surface area contributed by atoms with Gasteiger partial charge in [-0.05, 0) is 30.7 Å². The number of carboxylic acid groups (broad SMARTS) is 1. The van der Waals surface area contributed by atoms with Gasteiger partial charge in [0.05, 0.1) is 5.52 Å². The SMILES string of the molecule is C[C@@H](NCc1ccc(F)c2cccnc12)C(=O)O. The van der Waals surface area contributed by atoms with Crippen LogP contribution in [0.2, 0.25) is 0 Å². The summed E-state index contributed by atoms with van der Waals surface area (Å²) < 4.78 is 13.5. The fraction of sp³-hybridized carbons (Fsp3) is 0.231. The maximum Gasteiger partial charge on any atom is 0.320 e. The largest absolute Gasteiger partial charge is 0.480 e. The van der Waals surface area contributed by atoms with Crippen LogP contribution < -0.4 is 5.32 Å². The van der Waals surface area contributed by atoms with Gasteiger partial charge in [0.2, 0.25) is 0 Å². The number of hydrogen-bond donors (Lipinski definition) is 2. The Balaban J connectivity index is 2.29. The normalized spacial score (nSPS) is 12.6. The summed E-state index contributed by atoms with van der Waals surface area (Å²) in [4.78, 5) is 14.8. The van der Waals surface area contributed by atoms with Crippen molar-refractivity contribution in [1.29, 1.82) is 0 Å². The molecule has 4 nitrogen and oxygen atoms in total. The molecule has 0 saturated carbocycles. The Bertz CT molecular complexity index is 586. The minimum absolute atomic E-state index is 0.326. The van der Waals surface area contributed by atoms with Crippen molar-refractivity contribution in [1.82, 2.24) is 10.3 Å². The van der Waals surface area contributed by atoms with Crippen LogP contribution in [0.15, 0.2) is 30.5 Å². The molecule has 0 fully saturated rings. The lowest BCUT2D eigenvalue weighted by Crippen LogP contribution is -2.33. The molecule has 0 spiro atoms. The summed E-state index contributed by atoms with van der Waals surface area (Å²) in [5.74, 6) is -1.25. The highest BCUT2D eigenvalue weighted by Crippen LogP contribution is 2.19. The Morgan fingerprint density at radius 1 is 1.50 bits per heavy atom. The van der Waals surface area contributed by atoms with E-state index in [1.54, 1.807) is 31.3 Å². The number of rotatable bonds is 4. The van der Waals surface area contributed by atoms with Crippen molar-refractivity contribution >= 4 is 16.9 Å². The number of fused-ring (bicyclic) bond motifs is 1. The standard InChI is InChI=1S/C13H13FN2O2/c1-8(13(17)18)16-7-9-4-5-11(14)10-3-2-6-15-12(9)10/h2-6,8,16H,7H2,1H3,(H,17,18)/t8-/m1/s1. The molecule has 1 heterocycles. The Hall–Kier alpha value is -2.01. The summed E-state index contributed by atoms with van der Waals surface area (Å²) in [6.07, 6.45) is 1.59. The second kappa shape index (κ2) is 5.10. The van der Waals surface area contributed by atoms with Crippen LogP contribution in [-0.4, -0.2) is 22.1 Å². The summed E-state index contributed by atoms with van der Waals surface area (Å²) in [6, 6.07) is 5.65. The van der Waals surface area contributed by atoms with Gasteiger partial charge >= 0.3 is 5.97 Å². The molecule has 1 aromatic heterocycles. The molecule has 1 aromatic carbocycles. The molecule has 18 heavy (non-hydrogen) atoms. The highest BCUT2D eigenvalue weighted by Gasteiger charge is 2.11. The molecule has 5 heteroatoms. The van der Waals surface area contributed by atoms with Crippen molar-refractivity contribution in [3.8, 4) is 0 Å². The first-order valence-electron chi connectivity index (χ1n) is 5.58. The molecule has 0 saturated heterocycles. The van der Waals surface area contributed by atoms with E-state index in [2.05, 4.69) is 10.3 Å². The van der Waals surface area contributed by atoms with Gasteiger partial charge in [-0.1, -0.05) is 6.07 Å². The smallest absolute Gasteiger partial charge is 0.320 e. The van der Waals surface area contributed by atoms with E-state index < -0.39 is 12.0 Å². The zero-order chi connectivity index (χ0) is 13.1. The van der Waals surface area contributed by atoms with Crippen LogP contribution in [0, 0.1) is 5.82 Å².